The summed E-state index contributed by atoms with van der Waals surface area (Å²) in [4.78, 5) is 3.48. The van der Waals surface area contributed by atoms with E-state index < -0.39 is 11.9 Å². The molecule has 0 saturated heterocycles. The molecule has 6 heteroatoms. The smallest absolute Gasteiger partial charge is 0.398 e. The predicted molar refractivity (Wildman–Crippen MR) is 56.2 cm³/mol. The zero-order valence-corrected chi connectivity index (χ0v) is 8.60. The molecular weight excluding hydrogens is 241 g/mol. The van der Waals surface area contributed by atoms with Crippen LogP contribution in [0, 0.1) is 0 Å². The van der Waals surface area contributed by atoms with Gasteiger partial charge in [0.25, 0.3) is 0 Å². The maximum absolute atomic E-state index is 12.4. The van der Waals surface area contributed by atoms with Crippen LogP contribution in [0.25, 0.3) is 10.9 Å². The molecule has 0 spiro atoms. The van der Waals surface area contributed by atoms with E-state index >= 15 is 0 Å². The van der Waals surface area contributed by atoms with Gasteiger partial charge in [-0.25, -0.2) is 4.98 Å². The van der Waals surface area contributed by atoms with Crippen molar-refractivity contribution in [3.05, 3.63) is 35.0 Å². The summed E-state index contributed by atoms with van der Waals surface area (Å²) in [5, 5.41) is 0.774. The third-order valence-electron chi connectivity index (χ3n) is 2.09. The van der Waals surface area contributed by atoms with Crippen molar-refractivity contribution in [3.63, 3.8) is 0 Å². The summed E-state index contributed by atoms with van der Waals surface area (Å²) in [5.74, 6) is 0. The number of rotatable bonds is 0. The number of hydrogen-bond acceptors (Lipinski definition) is 2. The van der Waals surface area contributed by atoms with Crippen LogP contribution in [-0.4, -0.2) is 4.98 Å². The van der Waals surface area contributed by atoms with E-state index in [1.54, 1.807) is 12.1 Å². The Bertz CT molecular complexity index is 551. The van der Waals surface area contributed by atoms with Crippen molar-refractivity contribution < 1.29 is 13.2 Å². The van der Waals surface area contributed by atoms with Crippen molar-refractivity contribution in [1.29, 1.82) is 0 Å². The van der Waals surface area contributed by atoms with E-state index in [2.05, 4.69) is 4.98 Å². The minimum absolute atomic E-state index is 0.0361. The highest BCUT2D eigenvalue weighted by Gasteiger charge is 2.33. The molecule has 2 rings (SSSR count). The topological polar surface area (TPSA) is 38.9 Å². The Hall–Kier alpha value is -1.49. The van der Waals surface area contributed by atoms with Crippen LogP contribution >= 0.6 is 11.6 Å². The minimum atomic E-state index is -4.51. The highest BCUT2D eigenvalue weighted by molar-refractivity contribution is 6.31. The second-order valence-electron chi connectivity index (χ2n) is 3.26. The molecule has 0 saturated carbocycles. The first kappa shape index (κ1) is 11.0. The van der Waals surface area contributed by atoms with Crippen LogP contribution in [0.1, 0.15) is 5.69 Å². The highest BCUT2D eigenvalue weighted by atomic mass is 35.5. The number of nitrogen functional groups attached to an aromatic ring is 1. The number of anilines is 1. The highest BCUT2D eigenvalue weighted by Crippen LogP contribution is 2.32. The van der Waals surface area contributed by atoms with E-state index in [0.717, 1.165) is 6.07 Å². The first-order valence-electron chi connectivity index (χ1n) is 4.31. The molecule has 0 amide bonds. The van der Waals surface area contributed by atoms with Crippen LogP contribution in [0.2, 0.25) is 5.02 Å². The van der Waals surface area contributed by atoms with Crippen molar-refractivity contribution >= 4 is 28.2 Å². The standard InChI is InChI=1S/C10H6ClF3N2/c11-5-1-2-6-7(15)4-9(10(12,13)14)16-8(6)3-5/h1-4H,(H2,15,16). The van der Waals surface area contributed by atoms with Gasteiger partial charge in [0.15, 0.2) is 0 Å². The van der Waals surface area contributed by atoms with E-state index in [1.807, 2.05) is 0 Å². The largest absolute Gasteiger partial charge is 0.433 e. The lowest BCUT2D eigenvalue weighted by atomic mass is 10.1. The number of hydrogen-bond donors (Lipinski definition) is 1. The molecule has 1 aromatic heterocycles. The molecule has 0 aliphatic heterocycles. The molecule has 84 valence electrons. The Labute approximate surface area is 93.8 Å². The SMILES string of the molecule is Nc1cc(C(F)(F)F)nc2cc(Cl)ccc12. The fraction of sp³-hybridized carbons (Fsp3) is 0.100. The van der Waals surface area contributed by atoms with Crippen molar-refractivity contribution in [2.45, 2.75) is 6.18 Å². The van der Waals surface area contributed by atoms with Crippen LogP contribution in [0.5, 0.6) is 0 Å². The fourth-order valence-electron chi connectivity index (χ4n) is 1.37. The van der Waals surface area contributed by atoms with Crippen molar-refractivity contribution in [2.24, 2.45) is 0 Å². The molecule has 0 unspecified atom stereocenters. The van der Waals surface area contributed by atoms with Gasteiger partial charge >= 0.3 is 6.18 Å². The molecule has 0 fully saturated rings. The van der Waals surface area contributed by atoms with Crippen molar-refractivity contribution in [1.82, 2.24) is 4.98 Å². The summed E-state index contributed by atoms with van der Waals surface area (Å²) < 4.78 is 37.3. The fourth-order valence-corrected chi connectivity index (χ4v) is 1.54. The Balaban J connectivity index is 2.75. The molecular formula is C10H6ClF3N2. The van der Waals surface area contributed by atoms with E-state index in [1.165, 1.54) is 6.07 Å². The summed E-state index contributed by atoms with van der Waals surface area (Å²) in [5.41, 5.74) is 4.68. The Morgan fingerprint density at radius 1 is 1.19 bits per heavy atom. The van der Waals surface area contributed by atoms with Crippen LogP contribution < -0.4 is 5.73 Å². The molecule has 0 aliphatic carbocycles. The van der Waals surface area contributed by atoms with Gasteiger partial charge in [-0.05, 0) is 24.3 Å². The van der Waals surface area contributed by atoms with Gasteiger partial charge < -0.3 is 5.73 Å². The quantitative estimate of drug-likeness (QED) is 0.773. The van der Waals surface area contributed by atoms with Gasteiger partial charge in [0.05, 0.1) is 5.52 Å². The average Bonchev–Trinajstić information content (AvgIpc) is 2.15. The van der Waals surface area contributed by atoms with Crippen LogP contribution in [0.15, 0.2) is 24.3 Å². The Kier molecular flexibility index (Phi) is 2.42. The number of aromatic nitrogens is 1. The molecule has 0 radical (unpaired) electrons. The molecule has 16 heavy (non-hydrogen) atoms. The molecule has 1 heterocycles. The lowest BCUT2D eigenvalue weighted by Gasteiger charge is -2.09. The Morgan fingerprint density at radius 2 is 1.88 bits per heavy atom. The van der Waals surface area contributed by atoms with Gasteiger partial charge in [-0.1, -0.05) is 11.6 Å². The van der Waals surface area contributed by atoms with E-state index in [-0.39, 0.29) is 11.2 Å². The van der Waals surface area contributed by atoms with Gasteiger partial charge in [0.2, 0.25) is 0 Å². The average molecular weight is 247 g/mol. The Morgan fingerprint density at radius 3 is 2.50 bits per heavy atom. The van der Waals surface area contributed by atoms with Crippen LogP contribution in [0.4, 0.5) is 18.9 Å². The van der Waals surface area contributed by atoms with E-state index in [4.69, 9.17) is 17.3 Å². The summed E-state index contributed by atoms with van der Waals surface area (Å²) in [6, 6.07) is 5.26. The molecule has 0 atom stereocenters. The third kappa shape index (κ3) is 1.90. The van der Waals surface area contributed by atoms with Crippen LogP contribution in [-0.2, 0) is 6.18 Å². The van der Waals surface area contributed by atoms with E-state index in [9.17, 15) is 13.2 Å². The van der Waals surface area contributed by atoms with Crippen molar-refractivity contribution in [2.75, 3.05) is 5.73 Å². The summed E-state index contributed by atoms with van der Waals surface area (Å²) in [7, 11) is 0. The number of nitrogens with zero attached hydrogens (tertiary/aromatic N) is 1. The van der Waals surface area contributed by atoms with Gasteiger partial charge in [-0.3, -0.25) is 0 Å². The zero-order chi connectivity index (χ0) is 11.9. The normalized spacial score (nSPS) is 12.0. The predicted octanol–water partition coefficient (Wildman–Crippen LogP) is 3.49. The maximum atomic E-state index is 12.4. The van der Waals surface area contributed by atoms with Crippen LogP contribution in [0.3, 0.4) is 0 Å². The lowest BCUT2D eigenvalue weighted by molar-refractivity contribution is -0.140. The van der Waals surface area contributed by atoms with Gasteiger partial charge in [0.1, 0.15) is 5.69 Å². The summed E-state index contributed by atoms with van der Waals surface area (Å²) in [6.07, 6.45) is -4.51. The van der Waals surface area contributed by atoms with Gasteiger partial charge in [0, 0.05) is 16.1 Å². The number of alkyl halides is 3. The molecule has 2 nitrogen and oxygen atoms in total. The molecule has 0 aliphatic rings. The number of pyridine rings is 1. The third-order valence-corrected chi connectivity index (χ3v) is 2.33. The first-order valence-corrected chi connectivity index (χ1v) is 4.69. The monoisotopic (exact) mass is 246 g/mol. The summed E-state index contributed by atoms with van der Waals surface area (Å²) >= 11 is 5.68. The molecule has 1 aromatic carbocycles. The number of halogens is 4. The molecule has 2 aromatic rings. The minimum Gasteiger partial charge on any atom is -0.398 e. The maximum Gasteiger partial charge on any atom is 0.433 e. The lowest BCUT2D eigenvalue weighted by Crippen LogP contribution is -2.09. The number of fused-ring (bicyclic) bond motifs is 1. The zero-order valence-electron chi connectivity index (χ0n) is 7.85. The second-order valence-corrected chi connectivity index (χ2v) is 3.69. The van der Waals surface area contributed by atoms with E-state index in [0.29, 0.717) is 10.4 Å². The molecule has 2 N–H and O–H groups in total. The first-order chi connectivity index (χ1) is 7.38. The molecule has 0 bridgehead atoms. The van der Waals surface area contributed by atoms with Gasteiger partial charge in [-0.2, -0.15) is 13.2 Å². The van der Waals surface area contributed by atoms with Crippen molar-refractivity contribution in [3.8, 4) is 0 Å². The second kappa shape index (κ2) is 3.52. The summed E-state index contributed by atoms with van der Waals surface area (Å²) in [6.45, 7) is 0. The van der Waals surface area contributed by atoms with Gasteiger partial charge in [-0.15, -0.1) is 0 Å². The number of benzene rings is 1. The number of nitrogens with two attached hydrogens (primary N) is 1.